The summed E-state index contributed by atoms with van der Waals surface area (Å²) < 4.78 is 6.55. The first-order valence-corrected chi connectivity index (χ1v) is 3.94. The number of nitrogens with zero attached hydrogens (tertiary/aromatic N) is 2. The van der Waals surface area contributed by atoms with E-state index in [-0.39, 0.29) is 0 Å². The summed E-state index contributed by atoms with van der Waals surface area (Å²) in [5.74, 6) is 0. The molecule has 0 aliphatic heterocycles. The molecule has 0 fully saturated rings. The molecule has 12 heavy (non-hydrogen) atoms. The zero-order chi connectivity index (χ0) is 8.65. The van der Waals surface area contributed by atoms with Crippen LogP contribution < -0.4 is 0 Å². The summed E-state index contributed by atoms with van der Waals surface area (Å²) >= 11 is 0. The van der Waals surface area contributed by atoms with E-state index in [2.05, 4.69) is 9.72 Å². The van der Waals surface area contributed by atoms with Gasteiger partial charge in [0.25, 0.3) is 6.47 Å². The van der Waals surface area contributed by atoms with Gasteiger partial charge >= 0.3 is 0 Å². The molecular weight excluding hydrogens is 156 g/mol. The summed E-state index contributed by atoms with van der Waals surface area (Å²) in [5, 5.41) is 0. The van der Waals surface area contributed by atoms with Gasteiger partial charge in [-0.15, -0.1) is 0 Å². The molecule has 1 aromatic heterocycles. The van der Waals surface area contributed by atoms with Crippen LogP contribution in [-0.4, -0.2) is 22.6 Å². The van der Waals surface area contributed by atoms with Gasteiger partial charge in [0.2, 0.25) is 0 Å². The highest BCUT2D eigenvalue weighted by atomic mass is 16.5. The lowest BCUT2D eigenvalue weighted by atomic mass is 10.3. The third-order valence-electron chi connectivity index (χ3n) is 1.56. The van der Waals surface area contributed by atoms with E-state index in [4.69, 9.17) is 0 Å². The van der Waals surface area contributed by atoms with Gasteiger partial charge in [-0.3, -0.25) is 4.79 Å². The summed E-state index contributed by atoms with van der Waals surface area (Å²) in [6.07, 6.45) is 7.35. The lowest BCUT2D eigenvalue weighted by Crippen LogP contribution is -1.97. The molecule has 4 nitrogen and oxygen atoms in total. The van der Waals surface area contributed by atoms with Crippen molar-refractivity contribution in [2.24, 2.45) is 0 Å². The Morgan fingerprint density at radius 1 is 1.50 bits per heavy atom. The minimum absolute atomic E-state index is 0.483. The van der Waals surface area contributed by atoms with Crippen LogP contribution in [0.15, 0.2) is 18.7 Å². The van der Waals surface area contributed by atoms with Crippen LogP contribution in [0.4, 0.5) is 0 Å². The molecule has 0 saturated carbocycles. The van der Waals surface area contributed by atoms with Gasteiger partial charge in [-0.2, -0.15) is 0 Å². The molecule has 0 aliphatic carbocycles. The first kappa shape index (κ1) is 8.77. The maximum atomic E-state index is 9.76. The van der Waals surface area contributed by atoms with Gasteiger partial charge in [-0.1, -0.05) is 0 Å². The molecule has 1 rings (SSSR count). The quantitative estimate of drug-likeness (QED) is 0.467. The molecule has 0 spiro atoms. The van der Waals surface area contributed by atoms with E-state index in [0.29, 0.717) is 13.1 Å². The van der Waals surface area contributed by atoms with Crippen molar-refractivity contribution in [3.8, 4) is 0 Å². The van der Waals surface area contributed by atoms with Gasteiger partial charge in [0.15, 0.2) is 0 Å². The van der Waals surface area contributed by atoms with Gasteiger partial charge in [0.1, 0.15) is 0 Å². The zero-order valence-electron chi connectivity index (χ0n) is 6.85. The highest BCUT2D eigenvalue weighted by Gasteiger charge is 1.90. The number of carbonyl (C=O) groups is 1. The second-order valence-corrected chi connectivity index (χ2v) is 2.47. The SMILES string of the molecule is O=COCCCCn1ccnc1. The first-order chi connectivity index (χ1) is 5.93. The standard InChI is InChI=1S/C8H12N2O2/c11-8-12-6-2-1-4-10-5-3-9-7-10/h3,5,7-8H,1-2,4,6H2. The molecule has 0 aromatic carbocycles. The Kier molecular flexibility index (Phi) is 3.91. The molecule has 66 valence electrons. The molecule has 0 atom stereocenters. The van der Waals surface area contributed by atoms with E-state index >= 15 is 0 Å². The van der Waals surface area contributed by atoms with Crippen LogP contribution in [0, 0.1) is 0 Å². The lowest BCUT2D eigenvalue weighted by molar-refractivity contribution is -0.128. The van der Waals surface area contributed by atoms with Crippen LogP contribution in [0.3, 0.4) is 0 Å². The Bertz CT molecular complexity index is 209. The largest absolute Gasteiger partial charge is 0.468 e. The molecule has 1 aromatic rings. The van der Waals surface area contributed by atoms with Crippen LogP contribution in [0.1, 0.15) is 12.8 Å². The van der Waals surface area contributed by atoms with Crippen LogP contribution in [0.2, 0.25) is 0 Å². The number of carbonyl (C=O) groups excluding carboxylic acids is 1. The van der Waals surface area contributed by atoms with Crippen LogP contribution in [0.25, 0.3) is 0 Å². The van der Waals surface area contributed by atoms with Crippen molar-refractivity contribution in [3.63, 3.8) is 0 Å². The third-order valence-corrected chi connectivity index (χ3v) is 1.56. The van der Waals surface area contributed by atoms with Crippen molar-refractivity contribution < 1.29 is 9.53 Å². The number of aryl methyl sites for hydroxylation is 1. The van der Waals surface area contributed by atoms with E-state index in [1.54, 1.807) is 12.5 Å². The Morgan fingerprint density at radius 3 is 3.08 bits per heavy atom. The Labute approximate surface area is 71.2 Å². The predicted octanol–water partition coefficient (Wildman–Crippen LogP) is 0.836. The molecule has 4 heteroatoms. The summed E-state index contributed by atoms with van der Waals surface area (Å²) in [6, 6.07) is 0. The fourth-order valence-electron chi connectivity index (χ4n) is 0.947. The lowest BCUT2D eigenvalue weighted by Gasteiger charge is -2.00. The summed E-state index contributed by atoms with van der Waals surface area (Å²) in [4.78, 5) is 13.7. The number of aromatic nitrogens is 2. The third kappa shape index (κ3) is 3.18. The maximum Gasteiger partial charge on any atom is 0.293 e. The molecule has 0 N–H and O–H groups in total. The molecule has 0 amide bonds. The van der Waals surface area contributed by atoms with Crippen LogP contribution >= 0.6 is 0 Å². The van der Waals surface area contributed by atoms with Crippen LogP contribution in [-0.2, 0) is 16.1 Å². The Balaban J connectivity index is 2.00. The smallest absolute Gasteiger partial charge is 0.293 e. The number of unbranched alkanes of at least 4 members (excludes halogenated alkanes) is 1. The van der Waals surface area contributed by atoms with Crippen molar-refractivity contribution in [2.45, 2.75) is 19.4 Å². The average Bonchev–Trinajstić information content (AvgIpc) is 2.57. The number of ether oxygens (including phenoxy) is 1. The van der Waals surface area contributed by atoms with E-state index in [1.165, 1.54) is 0 Å². The van der Waals surface area contributed by atoms with E-state index in [1.807, 2.05) is 10.8 Å². The number of hydrogen-bond acceptors (Lipinski definition) is 3. The van der Waals surface area contributed by atoms with Crippen LogP contribution in [0.5, 0.6) is 0 Å². The van der Waals surface area contributed by atoms with Crippen molar-refractivity contribution in [1.29, 1.82) is 0 Å². The highest BCUT2D eigenvalue weighted by Crippen LogP contribution is 1.94. The van der Waals surface area contributed by atoms with Crippen molar-refractivity contribution >= 4 is 6.47 Å². The second kappa shape index (κ2) is 5.35. The molecule has 0 radical (unpaired) electrons. The van der Waals surface area contributed by atoms with Crippen molar-refractivity contribution in [1.82, 2.24) is 9.55 Å². The molecule has 0 unspecified atom stereocenters. The Morgan fingerprint density at radius 2 is 2.42 bits per heavy atom. The minimum Gasteiger partial charge on any atom is -0.468 e. The minimum atomic E-state index is 0.483. The Hall–Kier alpha value is -1.32. The van der Waals surface area contributed by atoms with E-state index in [9.17, 15) is 4.79 Å². The highest BCUT2D eigenvalue weighted by molar-refractivity contribution is 5.36. The van der Waals surface area contributed by atoms with E-state index < -0.39 is 0 Å². The summed E-state index contributed by atoms with van der Waals surface area (Å²) in [6.45, 7) is 1.93. The average molecular weight is 168 g/mol. The molecule has 0 aliphatic rings. The van der Waals surface area contributed by atoms with Gasteiger partial charge in [0, 0.05) is 18.9 Å². The number of hydrogen-bond donors (Lipinski definition) is 0. The fourth-order valence-corrected chi connectivity index (χ4v) is 0.947. The van der Waals surface area contributed by atoms with Gasteiger partial charge in [0.05, 0.1) is 12.9 Å². The second-order valence-electron chi connectivity index (χ2n) is 2.47. The predicted molar refractivity (Wildman–Crippen MR) is 43.5 cm³/mol. The monoisotopic (exact) mass is 168 g/mol. The molecule has 0 saturated heterocycles. The van der Waals surface area contributed by atoms with Gasteiger partial charge in [-0.05, 0) is 12.8 Å². The molecular formula is C8H12N2O2. The summed E-state index contributed by atoms with van der Waals surface area (Å²) in [7, 11) is 0. The summed E-state index contributed by atoms with van der Waals surface area (Å²) in [5.41, 5.74) is 0. The van der Waals surface area contributed by atoms with Gasteiger partial charge < -0.3 is 9.30 Å². The van der Waals surface area contributed by atoms with Crippen molar-refractivity contribution in [2.75, 3.05) is 6.61 Å². The number of rotatable bonds is 6. The molecule has 0 bridgehead atoms. The fraction of sp³-hybridized carbons (Fsp3) is 0.500. The normalized spacial score (nSPS) is 9.67. The van der Waals surface area contributed by atoms with Crippen molar-refractivity contribution in [3.05, 3.63) is 18.7 Å². The van der Waals surface area contributed by atoms with Gasteiger partial charge in [-0.25, -0.2) is 4.98 Å². The first-order valence-electron chi connectivity index (χ1n) is 3.94. The van der Waals surface area contributed by atoms with E-state index in [0.717, 1.165) is 19.4 Å². The number of imidazole rings is 1. The zero-order valence-corrected chi connectivity index (χ0v) is 6.85. The maximum absolute atomic E-state index is 9.76. The topological polar surface area (TPSA) is 44.1 Å². The molecule has 1 heterocycles.